The second-order valence-electron chi connectivity index (χ2n) is 3.58. The summed E-state index contributed by atoms with van der Waals surface area (Å²) in [6, 6.07) is 0.101. The van der Waals surface area contributed by atoms with E-state index in [9.17, 15) is 0 Å². The summed E-state index contributed by atoms with van der Waals surface area (Å²) in [4.78, 5) is 0. The summed E-state index contributed by atoms with van der Waals surface area (Å²) in [5.41, 5.74) is 5.85. The first-order chi connectivity index (χ1) is 5.60. The van der Waals surface area contributed by atoms with Crippen molar-refractivity contribution in [2.24, 2.45) is 11.1 Å². The average Bonchev–Trinajstić information content (AvgIpc) is 2.04. The first kappa shape index (κ1) is 11.9. The Bertz CT molecular complexity index is 111. The Morgan fingerprint density at radius 3 is 2.50 bits per heavy atom. The molecule has 0 heterocycles. The second-order valence-corrected chi connectivity index (χ2v) is 3.58. The fraction of sp³-hybridized carbons (Fsp3) is 1.00. The maximum absolute atomic E-state index is 8.86. The van der Waals surface area contributed by atoms with Crippen LogP contribution in [-0.4, -0.2) is 31.5 Å². The largest absolute Gasteiger partial charge is 0.396 e. The molecule has 0 amide bonds. The highest BCUT2D eigenvalue weighted by molar-refractivity contribution is 4.84. The number of aliphatic hydroxyl groups is 1. The third-order valence-electron chi connectivity index (χ3n) is 2.49. The summed E-state index contributed by atoms with van der Waals surface area (Å²) in [6.07, 6.45) is 1.62. The van der Waals surface area contributed by atoms with Crippen LogP contribution in [0.2, 0.25) is 0 Å². The molecule has 0 rings (SSSR count). The molecule has 0 aromatic heterocycles. The lowest BCUT2D eigenvalue weighted by molar-refractivity contribution is 0.0496. The molecule has 74 valence electrons. The fourth-order valence-corrected chi connectivity index (χ4v) is 1.44. The maximum atomic E-state index is 8.86. The van der Waals surface area contributed by atoms with Gasteiger partial charge in [-0.25, -0.2) is 0 Å². The summed E-state index contributed by atoms with van der Waals surface area (Å²) in [5, 5.41) is 8.86. The molecule has 0 aromatic rings. The maximum Gasteiger partial charge on any atom is 0.0531 e. The van der Waals surface area contributed by atoms with Gasteiger partial charge in [0.1, 0.15) is 0 Å². The average molecular weight is 175 g/mol. The Balaban J connectivity index is 4.15. The van der Waals surface area contributed by atoms with Crippen molar-refractivity contribution in [1.82, 2.24) is 0 Å². The zero-order chi connectivity index (χ0) is 9.61. The minimum atomic E-state index is -0.0851. The Kier molecular flexibility index (Phi) is 5.46. The molecule has 3 nitrogen and oxygen atoms in total. The van der Waals surface area contributed by atoms with Crippen molar-refractivity contribution in [1.29, 1.82) is 0 Å². The SMILES string of the molecule is CCC(N)C(C)(CCO)COC. The Labute approximate surface area is 74.9 Å². The predicted octanol–water partition coefficient (Wildman–Crippen LogP) is 0.759. The van der Waals surface area contributed by atoms with Crippen LogP contribution in [0.4, 0.5) is 0 Å². The van der Waals surface area contributed by atoms with Gasteiger partial charge in [0, 0.05) is 25.2 Å². The van der Waals surface area contributed by atoms with Gasteiger partial charge in [-0.15, -0.1) is 0 Å². The summed E-state index contributed by atoms with van der Waals surface area (Å²) >= 11 is 0. The molecule has 0 radical (unpaired) electrons. The standard InChI is InChI=1S/C9H21NO2/c1-4-8(10)9(2,5-6-11)7-12-3/h8,11H,4-7,10H2,1-3H3. The van der Waals surface area contributed by atoms with Crippen LogP contribution in [0.15, 0.2) is 0 Å². The van der Waals surface area contributed by atoms with Crippen molar-refractivity contribution < 1.29 is 9.84 Å². The molecular formula is C9H21NO2. The topological polar surface area (TPSA) is 55.5 Å². The molecule has 12 heavy (non-hydrogen) atoms. The van der Waals surface area contributed by atoms with E-state index in [1.807, 2.05) is 0 Å². The van der Waals surface area contributed by atoms with Crippen LogP contribution in [0.5, 0.6) is 0 Å². The Hall–Kier alpha value is -0.120. The molecule has 0 aliphatic rings. The molecule has 0 bridgehead atoms. The van der Waals surface area contributed by atoms with Gasteiger partial charge < -0.3 is 15.6 Å². The van der Waals surface area contributed by atoms with Crippen LogP contribution in [0.3, 0.4) is 0 Å². The van der Waals surface area contributed by atoms with E-state index in [4.69, 9.17) is 15.6 Å². The van der Waals surface area contributed by atoms with Gasteiger partial charge >= 0.3 is 0 Å². The number of rotatable bonds is 6. The van der Waals surface area contributed by atoms with Gasteiger partial charge in [0.2, 0.25) is 0 Å². The van der Waals surface area contributed by atoms with E-state index in [0.29, 0.717) is 13.0 Å². The number of nitrogens with two attached hydrogens (primary N) is 1. The molecule has 2 atom stereocenters. The number of ether oxygens (including phenoxy) is 1. The van der Waals surface area contributed by atoms with E-state index < -0.39 is 0 Å². The zero-order valence-electron chi connectivity index (χ0n) is 8.34. The van der Waals surface area contributed by atoms with Gasteiger partial charge in [-0.3, -0.25) is 0 Å². The highest BCUT2D eigenvalue weighted by Gasteiger charge is 2.29. The first-order valence-corrected chi connectivity index (χ1v) is 4.46. The van der Waals surface area contributed by atoms with Gasteiger partial charge in [0.25, 0.3) is 0 Å². The van der Waals surface area contributed by atoms with Crippen LogP contribution >= 0.6 is 0 Å². The molecule has 3 heteroatoms. The number of hydrogen-bond acceptors (Lipinski definition) is 3. The van der Waals surface area contributed by atoms with Crippen molar-refractivity contribution >= 4 is 0 Å². The predicted molar refractivity (Wildman–Crippen MR) is 50.0 cm³/mol. The molecule has 0 saturated carbocycles. The zero-order valence-corrected chi connectivity index (χ0v) is 8.34. The first-order valence-electron chi connectivity index (χ1n) is 4.46. The van der Waals surface area contributed by atoms with Crippen molar-refractivity contribution in [3.8, 4) is 0 Å². The summed E-state index contributed by atoms with van der Waals surface area (Å²) in [5.74, 6) is 0. The molecule has 0 aliphatic carbocycles. The van der Waals surface area contributed by atoms with E-state index in [1.165, 1.54) is 0 Å². The summed E-state index contributed by atoms with van der Waals surface area (Å²) in [6.45, 7) is 4.90. The van der Waals surface area contributed by atoms with Crippen LogP contribution < -0.4 is 5.73 Å². The number of methoxy groups -OCH3 is 1. The summed E-state index contributed by atoms with van der Waals surface area (Å²) in [7, 11) is 1.66. The molecular weight excluding hydrogens is 154 g/mol. The van der Waals surface area contributed by atoms with Crippen LogP contribution in [-0.2, 0) is 4.74 Å². The smallest absolute Gasteiger partial charge is 0.0531 e. The Morgan fingerprint density at radius 2 is 2.17 bits per heavy atom. The summed E-state index contributed by atoms with van der Waals surface area (Å²) < 4.78 is 5.09. The van der Waals surface area contributed by atoms with E-state index in [0.717, 1.165) is 6.42 Å². The van der Waals surface area contributed by atoms with Gasteiger partial charge in [-0.05, 0) is 12.8 Å². The molecule has 3 N–H and O–H groups in total. The van der Waals surface area contributed by atoms with Crippen molar-refractivity contribution in [3.05, 3.63) is 0 Å². The van der Waals surface area contributed by atoms with Crippen molar-refractivity contribution in [3.63, 3.8) is 0 Å². The molecule has 0 aromatic carbocycles. The van der Waals surface area contributed by atoms with Crippen LogP contribution in [0.25, 0.3) is 0 Å². The lowest BCUT2D eigenvalue weighted by Crippen LogP contribution is -2.43. The minimum Gasteiger partial charge on any atom is -0.396 e. The van der Waals surface area contributed by atoms with Gasteiger partial charge in [0.05, 0.1) is 6.61 Å². The number of hydrogen-bond donors (Lipinski definition) is 2. The van der Waals surface area contributed by atoms with Gasteiger partial charge in [-0.2, -0.15) is 0 Å². The highest BCUT2D eigenvalue weighted by atomic mass is 16.5. The molecule has 0 aliphatic heterocycles. The van der Waals surface area contributed by atoms with Gasteiger partial charge in [0.15, 0.2) is 0 Å². The Morgan fingerprint density at radius 1 is 1.58 bits per heavy atom. The van der Waals surface area contributed by atoms with Crippen molar-refractivity contribution in [2.75, 3.05) is 20.3 Å². The van der Waals surface area contributed by atoms with Gasteiger partial charge in [-0.1, -0.05) is 13.8 Å². The lowest BCUT2D eigenvalue weighted by Gasteiger charge is -2.33. The molecule has 0 spiro atoms. The second kappa shape index (κ2) is 5.51. The normalized spacial score (nSPS) is 18.8. The fourth-order valence-electron chi connectivity index (χ4n) is 1.44. The molecule has 2 unspecified atom stereocenters. The van der Waals surface area contributed by atoms with Crippen LogP contribution in [0.1, 0.15) is 26.7 Å². The highest BCUT2D eigenvalue weighted by Crippen LogP contribution is 2.26. The molecule has 0 saturated heterocycles. The van der Waals surface area contributed by atoms with Crippen molar-refractivity contribution in [2.45, 2.75) is 32.7 Å². The number of aliphatic hydroxyl groups excluding tert-OH is 1. The lowest BCUT2D eigenvalue weighted by atomic mass is 9.79. The van der Waals surface area contributed by atoms with E-state index in [1.54, 1.807) is 7.11 Å². The van der Waals surface area contributed by atoms with E-state index in [2.05, 4.69) is 13.8 Å². The third-order valence-corrected chi connectivity index (χ3v) is 2.49. The monoisotopic (exact) mass is 175 g/mol. The minimum absolute atomic E-state index is 0.0851. The quantitative estimate of drug-likeness (QED) is 0.626. The van der Waals surface area contributed by atoms with Crippen LogP contribution in [0, 0.1) is 5.41 Å². The van der Waals surface area contributed by atoms with E-state index in [-0.39, 0.29) is 18.1 Å². The van der Waals surface area contributed by atoms with E-state index >= 15 is 0 Å². The third kappa shape index (κ3) is 3.09. The molecule has 0 fully saturated rings.